The fourth-order valence-corrected chi connectivity index (χ4v) is 2.34. The van der Waals surface area contributed by atoms with Crippen LogP contribution in [0.2, 0.25) is 5.02 Å². The first-order valence-corrected chi connectivity index (χ1v) is 7.09. The second kappa shape index (κ2) is 6.63. The number of pyridine rings is 1. The van der Waals surface area contributed by atoms with Gasteiger partial charge in [-0.25, -0.2) is 4.79 Å². The van der Waals surface area contributed by atoms with Gasteiger partial charge >= 0.3 is 5.97 Å². The number of aromatic carboxylic acids is 1. The zero-order valence-corrected chi connectivity index (χ0v) is 12.7. The quantitative estimate of drug-likeness (QED) is 0.794. The van der Waals surface area contributed by atoms with Crippen LogP contribution in [0, 0.1) is 0 Å². The molecule has 2 rings (SSSR count). The van der Waals surface area contributed by atoms with Crippen LogP contribution >= 0.6 is 11.6 Å². The first-order valence-electron chi connectivity index (χ1n) is 6.71. The number of hydrogen-bond donors (Lipinski definition) is 2. The van der Waals surface area contributed by atoms with Gasteiger partial charge in [-0.2, -0.15) is 0 Å². The number of benzene rings is 1. The molecule has 0 amide bonds. The van der Waals surface area contributed by atoms with E-state index >= 15 is 0 Å². The molecular weight excluding hydrogens is 292 g/mol. The summed E-state index contributed by atoms with van der Waals surface area (Å²) in [5.41, 5.74) is 1.25. The third-order valence-corrected chi connectivity index (χ3v) is 3.40. The number of carboxylic acids is 1. The maximum absolute atomic E-state index is 11.4. The lowest BCUT2D eigenvalue weighted by atomic mass is 10.1. The SMILES string of the molecule is CCCCNc1c(C(=O)O)cnc2c(OC)cc(Cl)cc12. The van der Waals surface area contributed by atoms with Crippen LogP contribution in [0.25, 0.3) is 10.9 Å². The van der Waals surface area contributed by atoms with E-state index in [4.69, 9.17) is 16.3 Å². The van der Waals surface area contributed by atoms with Crippen molar-refractivity contribution in [1.82, 2.24) is 4.98 Å². The standard InChI is InChI=1S/C15H17ClN2O3/c1-3-4-5-17-13-10-6-9(16)7-12(21-2)14(10)18-8-11(13)15(19)20/h6-8H,3-5H2,1-2H3,(H,17,18)(H,19,20). The molecule has 0 radical (unpaired) electrons. The molecule has 0 bridgehead atoms. The van der Waals surface area contributed by atoms with Crippen molar-refractivity contribution in [2.75, 3.05) is 19.0 Å². The number of halogens is 1. The summed E-state index contributed by atoms with van der Waals surface area (Å²) in [6.07, 6.45) is 3.30. The molecule has 5 nitrogen and oxygen atoms in total. The Morgan fingerprint density at radius 3 is 2.86 bits per heavy atom. The number of methoxy groups -OCH3 is 1. The number of carbonyl (C=O) groups is 1. The second-order valence-corrected chi connectivity index (χ2v) is 5.07. The normalized spacial score (nSPS) is 10.6. The first-order chi connectivity index (χ1) is 10.1. The zero-order valence-electron chi connectivity index (χ0n) is 11.9. The van der Waals surface area contributed by atoms with E-state index in [2.05, 4.69) is 17.2 Å². The lowest BCUT2D eigenvalue weighted by Gasteiger charge is -2.14. The Bertz CT molecular complexity index is 674. The Kier molecular flexibility index (Phi) is 4.85. The number of nitrogens with zero attached hydrogens (tertiary/aromatic N) is 1. The summed E-state index contributed by atoms with van der Waals surface area (Å²) in [7, 11) is 1.53. The predicted octanol–water partition coefficient (Wildman–Crippen LogP) is 3.81. The van der Waals surface area contributed by atoms with E-state index in [9.17, 15) is 9.90 Å². The second-order valence-electron chi connectivity index (χ2n) is 4.64. The Morgan fingerprint density at radius 2 is 2.24 bits per heavy atom. The van der Waals surface area contributed by atoms with Crippen LogP contribution in [0.3, 0.4) is 0 Å². The van der Waals surface area contributed by atoms with Gasteiger partial charge < -0.3 is 15.2 Å². The lowest BCUT2D eigenvalue weighted by molar-refractivity contribution is 0.0697. The van der Waals surface area contributed by atoms with Gasteiger partial charge in [-0.15, -0.1) is 0 Å². The molecule has 1 heterocycles. The van der Waals surface area contributed by atoms with E-state index in [1.807, 2.05) is 0 Å². The maximum Gasteiger partial charge on any atom is 0.339 e. The van der Waals surface area contributed by atoms with Gasteiger partial charge in [-0.3, -0.25) is 4.98 Å². The molecule has 0 aliphatic carbocycles. The Balaban J connectivity index is 2.65. The van der Waals surface area contributed by atoms with E-state index in [-0.39, 0.29) is 5.56 Å². The number of nitrogens with one attached hydrogen (secondary N) is 1. The van der Waals surface area contributed by atoms with Crippen molar-refractivity contribution in [2.45, 2.75) is 19.8 Å². The van der Waals surface area contributed by atoms with Crippen LogP contribution < -0.4 is 10.1 Å². The minimum absolute atomic E-state index is 0.128. The predicted molar refractivity (Wildman–Crippen MR) is 83.7 cm³/mol. The zero-order chi connectivity index (χ0) is 15.4. The van der Waals surface area contributed by atoms with Gasteiger partial charge in [0.05, 0.1) is 12.8 Å². The van der Waals surface area contributed by atoms with Gasteiger partial charge in [0, 0.05) is 29.2 Å². The van der Waals surface area contributed by atoms with E-state index in [0.717, 1.165) is 12.8 Å². The molecular formula is C15H17ClN2O3. The van der Waals surface area contributed by atoms with E-state index < -0.39 is 5.97 Å². The number of rotatable bonds is 6. The van der Waals surface area contributed by atoms with Crippen LogP contribution in [0.1, 0.15) is 30.1 Å². The van der Waals surface area contributed by atoms with Gasteiger partial charge in [0.1, 0.15) is 16.8 Å². The van der Waals surface area contributed by atoms with Gasteiger partial charge in [-0.05, 0) is 12.5 Å². The monoisotopic (exact) mass is 308 g/mol. The van der Waals surface area contributed by atoms with Crippen LogP contribution in [0.15, 0.2) is 18.3 Å². The van der Waals surface area contributed by atoms with Crippen LogP contribution in [0.4, 0.5) is 5.69 Å². The Morgan fingerprint density at radius 1 is 1.48 bits per heavy atom. The van der Waals surface area contributed by atoms with E-state index in [0.29, 0.717) is 33.9 Å². The molecule has 0 unspecified atom stereocenters. The number of unbranched alkanes of at least 4 members (excludes halogenated alkanes) is 1. The van der Waals surface area contributed by atoms with Crippen molar-refractivity contribution in [3.05, 3.63) is 28.9 Å². The molecule has 1 aromatic heterocycles. The highest BCUT2D eigenvalue weighted by Crippen LogP contribution is 2.34. The molecule has 6 heteroatoms. The van der Waals surface area contributed by atoms with E-state index in [1.54, 1.807) is 12.1 Å². The largest absolute Gasteiger partial charge is 0.494 e. The third-order valence-electron chi connectivity index (χ3n) is 3.18. The minimum Gasteiger partial charge on any atom is -0.494 e. The summed E-state index contributed by atoms with van der Waals surface area (Å²) < 4.78 is 5.27. The highest BCUT2D eigenvalue weighted by Gasteiger charge is 2.17. The molecule has 0 saturated carbocycles. The van der Waals surface area contributed by atoms with Crippen molar-refractivity contribution in [2.24, 2.45) is 0 Å². The molecule has 112 valence electrons. The summed E-state index contributed by atoms with van der Waals surface area (Å²) >= 11 is 6.08. The maximum atomic E-state index is 11.4. The average Bonchev–Trinajstić information content (AvgIpc) is 2.46. The minimum atomic E-state index is -1.03. The molecule has 2 N–H and O–H groups in total. The Hall–Kier alpha value is -2.01. The molecule has 2 aromatic rings. The topological polar surface area (TPSA) is 71.5 Å². The van der Waals surface area contributed by atoms with Crippen molar-refractivity contribution < 1.29 is 14.6 Å². The van der Waals surface area contributed by atoms with Gasteiger partial charge in [0.25, 0.3) is 0 Å². The van der Waals surface area contributed by atoms with Crippen molar-refractivity contribution in [3.63, 3.8) is 0 Å². The van der Waals surface area contributed by atoms with Gasteiger partial charge in [0.2, 0.25) is 0 Å². The van der Waals surface area contributed by atoms with Crippen LogP contribution in [-0.4, -0.2) is 29.7 Å². The number of aromatic nitrogens is 1. The number of ether oxygens (including phenoxy) is 1. The van der Waals surface area contributed by atoms with Crippen molar-refractivity contribution in [1.29, 1.82) is 0 Å². The number of anilines is 1. The van der Waals surface area contributed by atoms with Gasteiger partial charge in [-0.1, -0.05) is 24.9 Å². The van der Waals surface area contributed by atoms with Crippen LogP contribution in [0.5, 0.6) is 5.75 Å². The van der Waals surface area contributed by atoms with Crippen molar-refractivity contribution >= 4 is 34.2 Å². The number of carboxylic acid groups (broad SMARTS) is 1. The van der Waals surface area contributed by atoms with Crippen LogP contribution in [-0.2, 0) is 0 Å². The molecule has 0 fully saturated rings. The summed E-state index contributed by atoms with van der Waals surface area (Å²) in [6.45, 7) is 2.76. The third kappa shape index (κ3) is 3.19. The fraction of sp³-hybridized carbons (Fsp3) is 0.333. The average molecular weight is 309 g/mol. The van der Waals surface area contributed by atoms with E-state index in [1.165, 1.54) is 13.3 Å². The molecule has 21 heavy (non-hydrogen) atoms. The summed E-state index contributed by atoms with van der Waals surface area (Å²) in [4.78, 5) is 15.6. The summed E-state index contributed by atoms with van der Waals surface area (Å²) in [5.74, 6) is -0.504. The molecule has 0 spiro atoms. The summed E-state index contributed by atoms with van der Waals surface area (Å²) in [5, 5.41) is 13.6. The fourth-order valence-electron chi connectivity index (χ4n) is 2.14. The molecule has 0 aliphatic heterocycles. The number of hydrogen-bond acceptors (Lipinski definition) is 4. The molecule has 0 atom stereocenters. The highest BCUT2D eigenvalue weighted by atomic mass is 35.5. The number of fused-ring (bicyclic) bond motifs is 1. The Labute approximate surface area is 127 Å². The smallest absolute Gasteiger partial charge is 0.339 e. The summed E-state index contributed by atoms with van der Waals surface area (Å²) in [6, 6.07) is 3.36. The van der Waals surface area contributed by atoms with Gasteiger partial charge in [0.15, 0.2) is 0 Å². The molecule has 0 saturated heterocycles. The highest BCUT2D eigenvalue weighted by molar-refractivity contribution is 6.32. The first kappa shape index (κ1) is 15.4. The lowest BCUT2D eigenvalue weighted by Crippen LogP contribution is -2.09. The molecule has 0 aliphatic rings. The molecule has 1 aromatic carbocycles. The van der Waals surface area contributed by atoms with Crippen molar-refractivity contribution in [3.8, 4) is 5.75 Å².